The van der Waals surface area contributed by atoms with Gasteiger partial charge >= 0.3 is 0 Å². The number of benzene rings is 1. The topological polar surface area (TPSA) is 27.0 Å². The van der Waals surface area contributed by atoms with Crippen LogP contribution in [0.25, 0.3) is 0 Å². The minimum atomic E-state index is 0.402. The van der Waals surface area contributed by atoms with Gasteiger partial charge in [-0.05, 0) is 38.8 Å². The predicted molar refractivity (Wildman–Crippen MR) is 67.1 cm³/mol. The molecule has 0 radical (unpaired) electrons. The Bertz CT molecular complexity index is 388. The molecule has 0 bridgehead atoms. The zero-order valence-corrected chi connectivity index (χ0v) is 10.6. The van der Waals surface area contributed by atoms with E-state index in [1.165, 1.54) is 16.7 Å². The average Bonchev–Trinajstić information content (AvgIpc) is 2.22. The molecular formula is C14H20N2. The van der Waals surface area contributed by atoms with Gasteiger partial charge in [0.15, 0.2) is 0 Å². The van der Waals surface area contributed by atoms with Gasteiger partial charge in [-0.25, -0.2) is 0 Å². The Kier molecular flexibility index (Phi) is 4.52. The van der Waals surface area contributed by atoms with Crippen LogP contribution in [0.5, 0.6) is 0 Å². The van der Waals surface area contributed by atoms with Gasteiger partial charge in [0.1, 0.15) is 0 Å². The molecule has 0 aliphatic rings. The van der Waals surface area contributed by atoms with Crippen molar-refractivity contribution in [3.05, 3.63) is 34.9 Å². The molecular weight excluding hydrogens is 196 g/mol. The molecule has 2 heteroatoms. The third-order valence-electron chi connectivity index (χ3n) is 2.88. The molecule has 1 aromatic carbocycles. The van der Waals surface area contributed by atoms with Gasteiger partial charge in [0.25, 0.3) is 0 Å². The Balaban J connectivity index is 2.85. The smallest absolute Gasteiger partial charge is 0.0871 e. The fourth-order valence-electron chi connectivity index (χ4n) is 1.70. The Labute approximate surface area is 98.5 Å². The lowest BCUT2D eigenvalue weighted by Gasteiger charge is -2.24. The molecule has 0 unspecified atom stereocenters. The highest BCUT2D eigenvalue weighted by Crippen LogP contribution is 2.14. The lowest BCUT2D eigenvalue weighted by molar-refractivity contribution is 0.239. The summed E-state index contributed by atoms with van der Waals surface area (Å²) in [7, 11) is 0. The summed E-state index contributed by atoms with van der Waals surface area (Å²) in [6.07, 6.45) is 0. The molecule has 86 valence electrons. The summed E-state index contributed by atoms with van der Waals surface area (Å²) in [5, 5.41) is 8.80. The number of nitrogens with zero attached hydrogens (tertiary/aromatic N) is 2. The van der Waals surface area contributed by atoms with E-state index < -0.39 is 0 Å². The summed E-state index contributed by atoms with van der Waals surface area (Å²) in [5.41, 5.74) is 3.90. The zero-order valence-electron chi connectivity index (χ0n) is 10.6. The molecule has 2 nitrogen and oxygen atoms in total. The first-order valence-corrected chi connectivity index (χ1v) is 5.71. The van der Waals surface area contributed by atoms with Crippen molar-refractivity contribution in [1.29, 1.82) is 5.26 Å². The van der Waals surface area contributed by atoms with E-state index in [1.807, 2.05) is 0 Å². The summed E-state index contributed by atoms with van der Waals surface area (Å²) >= 11 is 0. The zero-order chi connectivity index (χ0) is 12.1. The molecule has 0 aliphatic carbocycles. The van der Waals surface area contributed by atoms with Crippen molar-refractivity contribution in [3.63, 3.8) is 0 Å². The van der Waals surface area contributed by atoms with Gasteiger partial charge in [-0.3, -0.25) is 4.90 Å². The van der Waals surface area contributed by atoms with E-state index in [0.717, 1.165) is 6.54 Å². The van der Waals surface area contributed by atoms with E-state index in [1.54, 1.807) is 0 Å². The fourth-order valence-corrected chi connectivity index (χ4v) is 1.70. The second-order valence-electron chi connectivity index (χ2n) is 4.59. The first kappa shape index (κ1) is 12.7. The third kappa shape index (κ3) is 3.36. The van der Waals surface area contributed by atoms with Crippen molar-refractivity contribution in [1.82, 2.24) is 4.90 Å². The van der Waals surface area contributed by atoms with E-state index in [0.29, 0.717) is 12.6 Å². The minimum Gasteiger partial charge on any atom is -0.284 e. The van der Waals surface area contributed by atoms with Crippen LogP contribution in [-0.2, 0) is 6.54 Å². The van der Waals surface area contributed by atoms with E-state index in [9.17, 15) is 0 Å². The van der Waals surface area contributed by atoms with E-state index in [2.05, 4.69) is 56.9 Å². The van der Waals surface area contributed by atoms with Crippen LogP contribution in [-0.4, -0.2) is 17.5 Å². The minimum absolute atomic E-state index is 0.402. The average molecular weight is 216 g/mol. The normalized spacial score (nSPS) is 10.8. The molecule has 0 spiro atoms. The lowest BCUT2D eigenvalue weighted by atomic mass is 10.0. The highest BCUT2D eigenvalue weighted by atomic mass is 15.1. The van der Waals surface area contributed by atoms with Gasteiger partial charge < -0.3 is 0 Å². The molecule has 0 N–H and O–H groups in total. The molecule has 1 aromatic rings. The van der Waals surface area contributed by atoms with E-state index >= 15 is 0 Å². The Morgan fingerprint density at radius 1 is 1.31 bits per heavy atom. The molecule has 1 rings (SSSR count). The molecule has 0 aromatic heterocycles. The van der Waals surface area contributed by atoms with Crippen molar-refractivity contribution in [2.45, 2.75) is 40.3 Å². The largest absolute Gasteiger partial charge is 0.284 e. The Morgan fingerprint density at radius 3 is 2.56 bits per heavy atom. The molecule has 0 fully saturated rings. The predicted octanol–water partition coefficient (Wildman–Crippen LogP) is 3.04. The first-order valence-electron chi connectivity index (χ1n) is 5.71. The molecule has 0 saturated carbocycles. The quantitative estimate of drug-likeness (QED) is 0.723. The van der Waals surface area contributed by atoms with Crippen LogP contribution < -0.4 is 0 Å². The van der Waals surface area contributed by atoms with Crippen LogP contribution in [0, 0.1) is 25.2 Å². The van der Waals surface area contributed by atoms with Gasteiger partial charge in [-0.1, -0.05) is 23.8 Å². The van der Waals surface area contributed by atoms with Crippen molar-refractivity contribution in [2.75, 3.05) is 6.54 Å². The highest BCUT2D eigenvalue weighted by Gasteiger charge is 2.10. The van der Waals surface area contributed by atoms with Crippen LogP contribution in [0.2, 0.25) is 0 Å². The van der Waals surface area contributed by atoms with E-state index in [-0.39, 0.29) is 0 Å². The first-order chi connectivity index (χ1) is 7.54. The Hall–Kier alpha value is -1.33. The summed E-state index contributed by atoms with van der Waals surface area (Å²) in [6, 6.07) is 9.12. The number of nitriles is 1. The summed E-state index contributed by atoms with van der Waals surface area (Å²) < 4.78 is 0. The van der Waals surface area contributed by atoms with Crippen LogP contribution >= 0.6 is 0 Å². The number of hydrogen-bond donors (Lipinski definition) is 0. The molecule has 0 heterocycles. The van der Waals surface area contributed by atoms with Gasteiger partial charge in [0.2, 0.25) is 0 Å². The van der Waals surface area contributed by atoms with Gasteiger partial charge in [-0.2, -0.15) is 5.26 Å². The fraction of sp³-hybridized carbons (Fsp3) is 0.500. The standard InChI is InChI=1S/C14H20N2/c1-11(2)16(8-7-15)10-14-9-12(3)5-6-13(14)4/h5-6,9,11H,8,10H2,1-4H3. The molecule has 0 saturated heterocycles. The molecule has 16 heavy (non-hydrogen) atoms. The highest BCUT2D eigenvalue weighted by molar-refractivity contribution is 5.30. The van der Waals surface area contributed by atoms with Gasteiger partial charge in [0.05, 0.1) is 12.6 Å². The molecule has 0 atom stereocenters. The summed E-state index contributed by atoms with van der Waals surface area (Å²) in [6.45, 7) is 9.83. The number of rotatable bonds is 4. The van der Waals surface area contributed by atoms with Crippen molar-refractivity contribution >= 4 is 0 Å². The second kappa shape index (κ2) is 5.67. The second-order valence-corrected chi connectivity index (χ2v) is 4.59. The summed E-state index contributed by atoms with van der Waals surface area (Å²) in [5.74, 6) is 0. The van der Waals surface area contributed by atoms with Crippen molar-refractivity contribution in [3.8, 4) is 6.07 Å². The Morgan fingerprint density at radius 2 is 2.00 bits per heavy atom. The lowest BCUT2D eigenvalue weighted by Crippen LogP contribution is -2.30. The number of aryl methyl sites for hydroxylation is 2. The maximum atomic E-state index is 8.80. The van der Waals surface area contributed by atoms with Crippen molar-refractivity contribution in [2.24, 2.45) is 0 Å². The maximum Gasteiger partial charge on any atom is 0.0871 e. The van der Waals surface area contributed by atoms with Gasteiger partial charge in [-0.15, -0.1) is 0 Å². The number of hydrogen-bond acceptors (Lipinski definition) is 2. The monoisotopic (exact) mass is 216 g/mol. The third-order valence-corrected chi connectivity index (χ3v) is 2.88. The van der Waals surface area contributed by atoms with Crippen molar-refractivity contribution < 1.29 is 0 Å². The summed E-state index contributed by atoms with van der Waals surface area (Å²) in [4.78, 5) is 2.18. The molecule has 0 aliphatic heterocycles. The molecule has 0 amide bonds. The van der Waals surface area contributed by atoms with Crippen LogP contribution in [0.3, 0.4) is 0 Å². The van der Waals surface area contributed by atoms with Crippen LogP contribution in [0.4, 0.5) is 0 Å². The van der Waals surface area contributed by atoms with Gasteiger partial charge in [0, 0.05) is 12.6 Å². The van der Waals surface area contributed by atoms with E-state index in [4.69, 9.17) is 5.26 Å². The maximum absolute atomic E-state index is 8.80. The SMILES string of the molecule is Cc1ccc(C)c(CN(CC#N)C(C)C)c1. The van der Waals surface area contributed by atoms with Crippen LogP contribution in [0.15, 0.2) is 18.2 Å². The van der Waals surface area contributed by atoms with Crippen LogP contribution in [0.1, 0.15) is 30.5 Å².